The van der Waals surface area contributed by atoms with Crippen LogP contribution in [0.2, 0.25) is 0 Å². The van der Waals surface area contributed by atoms with Gasteiger partial charge in [0, 0.05) is 26.1 Å². The number of carbonyl (C=O) groups excluding carboxylic acids is 1. The fourth-order valence-corrected chi connectivity index (χ4v) is 3.17. The predicted molar refractivity (Wildman–Crippen MR) is 76.5 cm³/mol. The topological polar surface area (TPSA) is 69.6 Å². The Bertz CT molecular complexity index is 366. The average molecular weight is 282 g/mol. The number of likely N-dealkylation sites (tertiary alicyclic amines) is 1. The molecule has 1 unspecified atom stereocenters. The first-order chi connectivity index (χ1) is 9.48. The van der Waals surface area contributed by atoms with Crippen molar-refractivity contribution < 1.29 is 14.7 Å². The van der Waals surface area contributed by atoms with Crippen molar-refractivity contribution in [1.29, 1.82) is 0 Å². The number of carboxylic acids is 1. The Hall–Kier alpha value is -1.26. The van der Waals surface area contributed by atoms with E-state index in [1.54, 1.807) is 0 Å². The maximum absolute atomic E-state index is 12.2. The number of aliphatic carboxylic acids is 1. The number of carboxylic acid groups (broad SMARTS) is 1. The summed E-state index contributed by atoms with van der Waals surface area (Å²) < 4.78 is 0. The Morgan fingerprint density at radius 3 is 2.70 bits per heavy atom. The molecule has 5 heteroatoms. The van der Waals surface area contributed by atoms with E-state index in [4.69, 9.17) is 5.11 Å². The van der Waals surface area contributed by atoms with Crippen LogP contribution in [0.5, 0.6) is 0 Å². The van der Waals surface area contributed by atoms with Crippen LogP contribution >= 0.6 is 0 Å². The van der Waals surface area contributed by atoms with E-state index in [2.05, 4.69) is 12.2 Å². The molecule has 114 valence electrons. The average Bonchev–Trinajstić information content (AvgIpc) is 2.40. The second-order valence-electron chi connectivity index (χ2n) is 6.71. The monoisotopic (exact) mass is 282 g/mol. The fraction of sp³-hybridized carbons (Fsp3) is 0.867. The third kappa shape index (κ3) is 4.12. The SMILES string of the molecule is CC1(CNC(=O)N2CCCC(CCC(=O)O)C2)CCC1. The molecule has 1 saturated carbocycles. The molecule has 2 rings (SSSR count). The van der Waals surface area contributed by atoms with Crippen molar-refractivity contribution in [2.45, 2.75) is 51.9 Å². The van der Waals surface area contributed by atoms with Gasteiger partial charge in [0.25, 0.3) is 0 Å². The number of hydrogen-bond acceptors (Lipinski definition) is 2. The number of rotatable bonds is 5. The van der Waals surface area contributed by atoms with Crippen molar-refractivity contribution in [2.24, 2.45) is 11.3 Å². The summed E-state index contributed by atoms with van der Waals surface area (Å²) in [5.74, 6) is -0.408. The van der Waals surface area contributed by atoms with Crippen LogP contribution in [0, 0.1) is 11.3 Å². The minimum Gasteiger partial charge on any atom is -0.481 e. The van der Waals surface area contributed by atoms with Crippen LogP contribution in [-0.2, 0) is 4.79 Å². The molecule has 2 amide bonds. The Morgan fingerprint density at radius 1 is 1.35 bits per heavy atom. The number of amides is 2. The molecular weight excluding hydrogens is 256 g/mol. The first kappa shape index (κ1) is 15.1. The summed E-state index contributed by atoms with van der Waals surface area (Å²) in [4.78, 5) is 24.6. The zero-order chi connectivity index (χ0) is 14.6. The van der Waals surface area contributed by atoms with Crippen molar-refractivity contribution in [1.82, 2.24) is 10.2 Å². The molecule has 1 aliphatic carbocycles. The van der Waals surface area contributed by atoms with Crippen LogP contribution < -0.4 is 5.32 Å². The molecular formula is C15H26N2O3. The van der Waals surface area contributed by atoms with E-state index in [9.17, 15) is 9.59 Å². The van der Waals surface area contributed by atoms with Crippen LogP contribution in [0.3, 0.4) is 0 Å². The van der Waals surface area contributed by atoms with Gasteiger partial charge in [-0.3, -0.25) is 4.79 Å². The van der Waals surface area contributed by atoms with Gasteiger partial charge in [0.05, 0.1) is 0 Å². The Balaban J connectivity index is 1.73. The number of nitrogens with zero attached hydrogens (tertiary/aromatic N) is 1. The standard InChI is InChI=1S/C15H26N2O3/c1-15(7-3-8-15)11-16-14(20)17-9-2-4-12(10-17)5-6-13(18)19/h12H,2-11H2,1H3,(H,16,20)(H,18,19). The Kier molecular flexibility index (Phi) is 4.89. The lowest BCUT2D eigenvalue weighted by atomic mass is 9.70. The van der Waals surface area contributed by atoms with Crippen molar-refractivity contribution in [2.75, 3.05) is 19.6 Å². The molecule has 0 aromatic heterocycles. The molecule has 0 aromatic rings. The largest absolute Gasteiger partial charge is 0.481 e. The highest BCUT2D eigenvalue weighted by molar-refractivity contribution is 5.74. The lowest BCUT2D eigenvalue weighted by molar-refractivity contribution is -0.137. The van der Waals surface area contributed by atoms with Gasteiger partial charge in [-0.2, -0.15) is 0 Å². The lowest BCUT2D eigenvalue weighted by Crippen LogP contribution is -2.49. The molecule has 5 nitrogen and oxygen atoms in total. The summed E-state index contributed by atoms with van der Waals surface area (Å²) >= 11 is 0. The van der Waals surface area contributed by atoms with Crippen molar-refractivity contribution in [3.05, 3.63) is 0 Å². The summed E-state index contributed by atoms with van der Waals surface area (Å²) in [7, 11) is 0. The third-order valence-electron chi connectivity index (χ3n) is 4.80. The van der Waals surface area contributed by atoms with Gasteiger partial charge in [-0.05, 0) is 43.4 Å². The maximum Gasteiger partial charge on any atom is 0.317 e. The summed E-state index contributed by atoms with van der Waals surface area (Å²) in [5, 5.41) is 11.8. The third-order valence-corrected chi connectivity index (χ3v) is 4.80. The molecule has 1 heterocycles. The number of piperidine rings is 1. The minimum absolute atomic E-state index is 0.0261. The lowest BCUT2D eigenvalue weighted by Gasteiger charge is -2.39. The van der Waals surface area contributed by atoms with Gasteiger partial charge in [-0.25, -0.2) is 4.79 Å². The normalized spacial score (nSPS) is 24.9. The highest BCUT2D eigenvalue weighted by Gasteiger charge is 2.33. The van der Waals surface area contributed by atoms with Crippen LogP contribution in [0.25, 0.3) is 0 Å². The molecule has 1 aliphatic heterocycles. The van der Waals surface area contributed by atoms with E-state index >= 15 is 0 Å². The highest BCUT2D eigenvalue weighted by Crippen LogP contribution is 2.39. The quantitative estimate of drug-likeness (QED) is 0.814. The smallest absolute Gasteiger partial charge is 0.317 e. The van der Waals surface area contributed by atoms with Crippen LogP contribution in [0.1, 0.15) is 51.9 Å². The number of nitrogens with one attached hydrogen (secondary N) is 1. The Labute approximate surface area is 120 Å². The zero-order valence-corrected chi connectivity index (χ0v) is 12.4. The fourth-order valence-electron chi connectivity index (χ4n) is 3.17. The molecule has 1 saturated heterocycles. The van der Waals surface area contributed by atoms with Gasteiger partial charge < -0.3 is 15.3 Å². The van der Waals surface area contributed by atoms with E-state index in [1.165, 1.54) is 19.3 Å². The summed E-state index contributed by atoms with van der Waals surface area (Å²) in [5.41, 5.74) is 0.300. The van der Waals surface area contributed by atoms with Crippen LogP contribution in [0.15, 0.2) is 0 Å². The molecule has 2 fully saturated rings. The summed E-state index contributed by atoms with van der Waals surface area (Å²) in [6.07, 6.45) is 6.58. The van der Waals surface area contributed by atoms with Gasteiger partial charge in [0.1, 0.15) is 0 Å². The van der Waals surface area contributed by atoms with Gasteiger partial charge in [0.15, 0.2) is 0 Å². The summed E-state index contributed by atoms with van der Waals surface area (Å²) in [6.45, 7) is 4.49. The molecule has 2 aliphatic rings. The predicted octanol–water partition coefficient (Wildman–Crippen LogP) is 2.46. The van der Waals surface area contributed by atoms with Gasteiger partial charge in [0.2, 0.25) is 0 Å². The molecule has 0 radical (unpaired) electrons. The van der Waals surface area contributed by atoms with Crippen LogP contribution in [-0.4, -0.2) is 41.6 Å². The highest BCUT2D eigenvalue weighted by atomic mass is 16.4. The second kappa shape index (κ2) is 6.46. The first-order valence-corrected chi connectivity index (χ1v) is 7.73. The first-order valence-electron chi connectivity index (χ1n) is 7.73. The molecule has 0 spiro atoms. The molecule has 1 atom stereocenters. The van der Waals surface area contributed by atoms with Crippen molar-refractivity contribution >= 4 is 12.0 Å². The van der Waals surface area contributed by atoms with Gasteiger partial charge in [-0.1, -0.05) is 13.3 Å². The maximum atomic E-state index is 12.2. The Morgan fingerprint density at radius 2 is 2.10 bits per heavy atom. The minimum atomic E-state index is -0.746. The molecule has 20 heavy (non-hydrogen) atoms. The van der Waals surface area contributed by atoms with E-state index in [-0.39, 0.29) is 12.5 Å². The number of hydrogen-bond donors (Lipinski definition) is 2. The van der Waals surface area contributed by atoms with E-state index in [0.29, 0.717) is 24.3 Å². The van der Waals surface area contributed by atoms with Gasteiger partial charge >= 0.3 is 12.0 Å². The zero-order valence-electron chi connectivity index (χ0n) is 12.4. The number of urea groups is 1. The molecule has 0 aromatic carbocycles. The van der Waals surface area contributed by atoms with E-state index < -0.39 is 5.97 Å². The summed E-state index contributed by atoms with van der Waals surface area (Å²) in [6, 6.07) is 0.0261. The molecule has 2 N–H and O–H groups in total. The van der Waals surface area contributed by atoms with E-state index in [1.807, 2.05) is 4.90 Å². The second-order valence-corrected chi connectivity index (χ2v) is 6.71. The van der Waals surface area contributed by atoms with E-state index in [0.717, 1.165) is 25.9 Å². The molecule has 0 bridgehead atoms. The van der Waals surface area contributed by atoms with Crippen molar-refractivity contribution in [3.63, 3.8) is 0 Å². The van der Waals surface area contributed by atoms with Gasteiger partial charge in [-0.15, -0.1) is 0 Å². The van der Waals surface area contributed by atoms with Crippen LogP contribution in [0.4, 0.5) is 4.79 Å². The number of carbonyl (C=O) groups is 2. The van der Waals surface area contributed by atoms with Crippen molar-refractivity contribution in [3.8, 4) is 0 Å².